The Bertz CT molecular complexity index is 553. The molecule has 3 atom stereocenters. The maximum Gasteiger partial charge on any atom is 0.326 e. The Morgan fingerprint density at radius 2 is 1.63 bits per heavy atom. The van der Waals surface area contributed by atoms with Crippen LogP contribution < -0.4 is 33.2 Å². The van der Waals surface area contributed by atoms with Crippen molar-refractivity contribution in [3.8, 4) is 0 Å². The van der Waals surface area contributed by atoms with E-state index in [1.54, 1.807) is 0 Å². The van der Waals surface area contributed by atoms with Gasteiger partial charge in [-0.15, -0.1) is 0 Å². The molecular formula is C15H28N6O6. The zero-order chi connectivity index (χ0) is 21.0. The van der Waals surface area contributed by atoms with Crippen molar-refractivity contribution in [2.75, 3.05) is 13.1 Å². The zero-order valence-electron chi connectivity index (χ0n) is 15.2. The molecule has 0 fully saturated rings. The van der Waals surface area contributed by atoms with Gasteiger partial charge in [-0.2, -0.15) is 0 Å². The molecule has 12 heteroatoms. The summed E-state index contributed by atoms with van der Waals surface area (Å²) in [5, 5.41) is 15.8. The van der Waals surface area contributed by atoms with Gasteiger partial charge in [-0.1, -0.05) is 0 Å². The fourth-order valence-electron chi connectivity index (χ4n) is 2.00. The van der Waals surface area contributed by atoms with Gasteiger partial charge in [-0.25, -0.2) is 4.79 Å². The van der Waals surface area contributed by atoms with E-state index < -0.39 is 60.7 Å². The third-order valence-corrected chi connectivity index (χ3v) is 3.46. The van der Waals surface area contributed by atoms with Crippen molar-refractivity contribution in [3.63, 3.8) is 0 Å². The number of carboxylic acids is 1. The molecule has 154 valence electrons. The van der Waals surface area contributed by atoms with Crippen LogP contribution in [0.2, 0.25) is 0 Å². The Hall–Kier alpha value is -2.73. The Labute approximate surface area is 156 Å². The van der Waals surface area contributed by atoms with Crippen LogP contribution in [0.25, 0.3) is 0 Å². The molecule has 0 aliphatic rings. The van der Waals surface area contributed by atoms with E-state index in [9.17, 15) is 24.0 Å². The highest BCUT2D eigenvalue weighted by molar-refractivity contribution is 5.93. The summed E-state index contributed by atoms with van der Waals surface area (Å²) < 4.78 is 0. The van der Waals surface area contributed by atoms with E-state index in [0.29, 0.717) is 25.8 Å². The van der Waals surface area contributed by atoms with Crippen LogP contribution in [0.3, 0.4) is 0 Å². The molecule has 0 saturated heterocycles. The number of carboxylic acid groups (broad SMARTS) is 1. The van der Waals surface area contributed by atoms with Crippen molar-refractivity contribution >= 4 is 29.6 Å². The standard InChI is InChI=1S/C15H28N6O6/c1-8(17)13(24)21-9(4-2-3-5-16)14(25)19-7-12(23)20-10(15(26)27)6-11(18)22/h8-10H,2-7,16-17H2,1H3,(H2,18,22)(H,19,25)(H,20,23)(H,21,24)(H,26,27). The Morgan fingerprint density at radius 3 is 2.11 bits per heavy atom. The Kier molecular flexibility index (Phi) is 11.3. The predicted molar refractivity (Wildman–Crippen MR) is 94.9 cm³/mol. The molecule has 0 heterocycles. The molecule has 12 nitrogen and oxygen atoms in total. The van der Waals surface area contributed by atoms with Gasteiger partial charge in [0.15, 0.2) is 0 Å². The number of carbonyl (C=O) groups excluding carboxylic acids is 4. The maximum absolute atomic E-state index is 12.2. The van der Waals surface area contributed by atoms with Crippen molar-refractivity contribution in [3.05, 3.63) is 0 Å². The number of rotatable bonds is 13. The van der Waals surface area contributed by atoms with E-state index in [2.05, 4.69) is 16.0 Å². The van der Waals surface area contributed by atoms with Gasteiger partial charge in [0.1, 0.15) is 12.1 Å². The smallest absolute Gasteiger partial charge is 0.326 e. The second-order valence-corrected chi connectivity index (χ2v) is 5.98. The summed E-state index contributed by atoms with van der Waals surface area (Å²) in [5.41, 5.74) is 15.8. The second kappa shape index (κ2) is 12.6. The lowest BCUT2D eigenvalue weighted by atomic mass is 10.1. The van der Waals surface area contributed by atoms with Gasteiger partial charge in [0, 0.05) is 0 Å². The summed E-state index contributed by atoms with van der Waals surface area (Å²) in [6, 6.07) is -3.22. The van der Waals surface area contributed by atoms with Crippen LogP contribution in [0.1, 0.15) is 32.6 Å². The molecule has 10 N–H and O–H groups in total. The number of primary amides is 1. The zero-order valence-corrected chi connectivity index (χ0v) is 15.2. The largest absolute Gasteiger partial charge is 0.480 e. The van der Waals surface area contributed by atoms with Crippen molar-refractivity contribution < 1.29 is 29.1 Å². The van der Waals surface area contributed by atoms with E-state index in [-0.39, 0.29) is 0 Å². The Balaban J connectivity index is 4.71. The van der Waals surface area contributed by atoms with Crippen LogP contribution in [-0.2, 0) is 24.0 Å². The molecule has 27 heavy (non-hydrogen) atoms. The van der Waals surface area contributed by atoms with Gasteiger partial charge in [-0.3, -0.25) is 19.2 Å². The molecule has 0 aromatic heterocycles. The van der Waals surface area contributed by atoms with E-state index in [1.165, 1.54) is 6.92 Å². The average Bonchev–Trinajstić information content (AvgIpc) is 2.57. The summed E-state index contributed by atoms with van der Waals surface area (Å²) in [7, 11) is 0. The summed E-state index contributed by atoms with van der Waals surface area (Å²) in [4.78, 5) is 57.5. The van der Waals surface area contributed by atoms with Crippen LogP contribution in [0.15, 0.2) is 0 Å². The molecule has 0 rings (SSSR count). The predicted octanol–water partition coefficient (Wildman–Crippen LogP) is -3.49. The van der Waals surface area contributed by atoms with Crippen molar-refractivity contribution in [1.82, 2.24) is 16.0 Å². The molecule has 0 bridgehead atoms. The monoisotopic (exact) mass is 388 g/mol. The molecule has 3 unspecified atom stereocenters. The summed E-state index contributed by atoms with van der Waals surface area (Å²) in [6.45, 7) is 1.35. The van der Waals surface area contributed by atoms with Gasteiger partial charge in [0.2, 0.25) is 23.6 Å². The highest BCUT2D eigenvalue weighted by Crippen LogP contribution is 2.01. The summed E-state index contributed by atoms with van der Waals surface area (Å²) in [6.07, 6.45) is 0.926. The van der Waals surface area contributed by atoms with E-state index in [0.717, 1.165) is 0 Å². The highest BCUT2D eigenvalue weighted by atomic mass is 16.4. The third-order valence-electron chi connectivity index (χ3n) is 3.46. The first-order valence-corrected chi connectivity index (χ1v) is 8.42. The van der Waals surface area contributed by atoms with Crippen molar-refractivity contribution in [2.24, 2.45) is 17.2 Å². The van der Waals surface area contributed by atoms with Crippen LogP contribution in [0, 0.1) is 0 Å². The first-order valence-electron chi connectivity index (χ1n) is 8.42. The molecule has 0 radical (unpaired) electrons. The minimum Gasteiger partial charge on any atom is -0.480 e. The van der Waals surface area contributed by atoms with Crippen LogP contribution in [0.4, 0.5) is 0 Å². The first-order chi connectivity index (χ1) is 12.6. The molecule has 0 aromatic rings. The quantitative estimate of drug-likeness (QED) is 0.156. The van der Waals surface area contributed by atoms with Crippen LogP contribution in [0.5, 0.6) is 0 Å². The minimum atomic E-state index is -1.50. The summed E-state index contributed by atoms with van der Waals surface area (Å²) >= 11 is 0. The topological polar surface area (TPSA) is 220 Å². The van der Waals surface area contributed by atoms with Crippen molar-refractivity contribution in [1.29, 1.82) is 0 Å². The van der Waals surface area contributed by atoms with Crippen molar-refractivity contribution in [2.45, 2.75) is 50.7 Å². The number of nitrogens with two attached hydrogens (primary N) is 3. The normalized spacial score (nSPS) is 13.7. The maximum atomic E-state index is 12.2. The van der Waals surface area contributed by atoms with Crippen LogP contribution in [-0.4, -0.2) is 65.9 Å². The fourth-order valence-corrected chi connectivity index (χ4v) is 2.00. The van der Waals surface area contributed by atoms with E-state index >= 15 is 0 Å². The number of unbranched alkanes of at least 4 members (excludes halogenated alkanes) is 1. The van der Waals surface area contributed by atoms with E-state index in [4.69, 9.17) is 22.3 Å². The van der Waals surface area contributed by atoms with Gasteiger partial charge < -0.3 is 38.3 Å². The number of amides is 4. The van der Waals surface area contributed by atoms with E-state index in [1.807, 2.05) is 0 Å². The molecule has 0 saturated carbocycles. The minimum absolute atomic E-state index is 0.294. The molecule has 4 amide bonds. The highest BCUT2D eigenvalue weighted by Gasteiger charge is 2.24. The van der Waals surface area contributed by atoms with Gasteiger partial charge in [0.25, 0.3) is 0 Å². The second-order valence-electron chi connectivity index (χ2n) is 5.98. The lowest BCUT2D eigenvalue weighted by Crippen LogP contribution is -2.53. The first kappa shape index (κ1) is 24.3. The van der Waals surface area contributed by atoms with Gasteiger partial charge in [-0.05, 0) is 32.7 Å². The number of hydrogen-bond donors (Lipinski definition) is 7. The number of carbonyl (C=O) groups is 5. The van der Waals surface area contributed by atoms with Crippen LogP contribution >= 0.6 is 0 Å². The molecule has 0 spiro atoms. The molecule has 0 aliphatic heterocycles. The molecular weight excluding hydrogens is 360 g/mol. The average molecular weight is 388 g/mol. The number of hydrogen-bond acceptors (Lipinski definition) is 7. The fraction of sp³-hybridized carbons (Fsp3) is 0.667. The third kappa shape index (κ3) is 10.8. The summed E-state index contributed by atoms with van der Waals surface area (Å²) in [5.74, 6) is -4.31. The Morgan fingerprint density at radius 1 is 1.00 bits per heavy atom. The number of aliphatic carboxylic acids is 1. The lowest BCUT2D eigenvalue weighted by molar-refractivity contribution is -0.143. The SMILES string of the molecule is CC(N)C(=O)NC(CCCCN)C(=O)NCC(=O)NC(CC(N)=O)C(=O)O. The van der Waals surface area contributed by atoms with Gasteiger partial charge >= 0.3 is 5.97 Å². The van der Waals surface area contributed by atoms with Gasteiger partial charge in [0.05, 0.1) is 19.0 Å². The lowest BCUT2D eigenvalue weighted by Gasteiger charge is -2.20. The number of nitrogens with one attached hydrogen (secondary N) is 3. The molecule has 0 aliphatic carbocycles. The molecule has 0 aromatic carbocycles.